The predicted octanol–water partition coefficient (Wildman–Crippen LogP) is 1.23. The third-order valence-corrected chi connectivity index (χ3v) is 3.14. The van der Waals surface area contributed by atoms with Crippen LogP contribution in [0.2, 0.25) is 0 Å². The number of ether oxygens (including phenoxy) is 2. The molecular weight excluding hydrogens is 246 g/mol. The molecule has 0 radical (unpaired) electrons. The fourth-order valence-electron chi connectivity index (χ4n) is 2.16. The van der Waals surface area contributed by atoms with Crippen LogP contribution in [-0.2, 0) is 14.3 Å². The van der Waals surface area contributed by atoms with Crippen molar-refractivity contribution in [1.29, 1.82) is 0 Å². The zero-order valence-corrected chi connectivity index (χ0v) is 10.6. The van der Waals surface area contributed by atoms with Gasteiger partial charge in [-0.1, -0.05) is 0 Å². The highest BCUT2D eigenvalue weighted by molar-refractivity contribution is 5.96. The number of rotatable bonds is 2. The van der Waals surface area contributed by atoms with Gasteiger partial charge in [0.1, 0.15) is 0 Å². The molecule has 0 saturated carbocycles. The van der Waals surface area contributed by atoms with Crippen LogP contribution in [0.5, 0.6) is 0 Å². The van der Waals surface area contributed by atoms with Gasteiger partial charge in [-0.3, -0.25) is 9.89 Å². The number of aromatic nitrogens is 2. The van der Waals surface area contributed by atoms with E-state index in [2.05, 4.69) is 15.5 Å². The van der Waals surface area contributed by atoms with Crippen LogP contribution in [0.4, 0.5) is 5.69 Å². The Labute approximate surface area is 110 Å². The van der Waals surface area contributed by atoms with Crippen LogP contribution < -0.4 is 5.32 Å². The van der Waals surface area contributed by atoms with Gasteiger partial charge in [0.05, 0.1) is 31.5 Å². The number of carbonyl (C=O) groups excluding carboxylic acids is 1. The van der Waals surface area contributed by atoms with Crippen LogP contribution in [0.25, 0.3) is 10.9 Å². The highest BCUT2D eigenvalue weighted by Gasteiger charge is 2.22. The minimum Gasteiger partial charge on any atom is -0.376 e. The quantitative estimate of drug-likeness (QED) is 0.852. The number of H-pyrrole nitrogens is 1. The number of benzene rings is 1. The second kappa shape index (κ2) is 4.99. The summed E-state index contributed by atoms with van der Waals surface area (Å²) in [6, 6.07) is 3.77. The molecule has 6 heteroatoms. The molecule has 2 aromatic rings. The van der Waals surface area contributed by atoms with Crippen molar-refractivity contribution >= 4 is 22.5 Å². The Hall–Kier alpha value is -1.92. The first-order valence-electron chi connectivity index (χ1n) is 6.18. The number of nitrogens with zero attached hydrogens (tertiary/aromatic N) is 1. The van der Waals surface area contributed by atoms with Gasteiger partial charge in [0, 0.05) is 11.1 Å². The summed E-state index contributed by atoms with van der Waals surface area (Å²) in [6.45, 7) is 3.28. The van der Waals surface area contributed by atoms with Gasteiger partial charge in [0.15, 0.2) is 6.10 Å². The minimum atomic E-state index is -0.536. The molecule has 1 amide bonds. The SMILES string of the molecule is Cc1cc(NC(=O)C2COCCO2)cc2[nH]ncc12. The van der Waals surface area contributed by atoms with Crippen molar-refractivity contribution in [2.24, 2.45) is 0 Å². The number of hydrogen-bond acceptors (Lipinski definition) is 4. The molecule has 19 heavy (non-hydrogen) atoms. The molecule has 1 unspecified atom stereocenters. The van der Waals surface area contributed by atoms with E-state index >= 15 is 0 Å². The lowest BCUT2D eigenvalue weighted by atomic mass is 10.1. The molecule has 6 nitrogen and oxygen atoms in total. The summed E-state index contributed by atoms with van der Waals surface area (Å²) in [5.41, 5.74) is 2.69. The van der Waals surface area contributed by atoms with Gasteiger partial charge in [-0.25, -0.2) is 0 Å². The Bertz CT molecular complexity index is 602. The largest absolute Gasteiger partial charge is 0.376 e. The maximum Gasteiger partial charge on any atom is 0.255 e. The van der Waals surface area contributed by atoms with E-state index in [9.17, 15) is 4.79 Å². The highest BCUT2D eigenvalue weighted by atomic mass is 16.6. The van der Waals surface area contributed by atoms with Crippen molar-refractivity contribution < 1.29 is 14.3 Å². The van der Waals surface area contributed by atoms with E-state index in [0.717, 1.165) is 22.2 Å². The number of carbonyl (C=O) groups is 1. The van der Waals surface area contributed by atoms with Gasteiger partial charge in [-0.2, -0.15) is 5.10 Å². The van der Waals surface area contributed by atoms with Crippen LogP contribution in [0.15, 0.2) is 18.3 Å². The minimum absolute atomic E-state index is 0.182. The van der Waals surface area contributed by atoms with Gasteiger partial charge < -0.3 is 14.8 Å². The molecule has 2 heterocycles. The van der Waals surface area contributed by atoms with Crippen LogP contribution in [0.1, 0.15) is 5.56 Å². The van der Waals surface area contributed by atoms with Gasteiger partial charge >= 0.3 is 0 Å². The first-order valence-corrected chi connectivity index (χ1v) is 6.18. The number of amides is 1. The Morgan fingerprint density at radius 2 is 2.37 bits per heavy atom. The third-order valence-electron chi connectivity index (χ3n) is 3.14. The lowest BCUT2D eigenvalue weighted by Gasteiger charge is -2.22. The zero-order valence-electron chi connectivity index (χ0n) is 10.6. The van der Waals surface area contributed by atoms with Crippen LogP contribution >= 0.6 is 0 Å². The fourth-order valence-corrected chi connectivity index (χ4v) is 2.16. The summed E-state index contributed by atoms with van der Waals surface area (Å²) < 4.78 is 10.6. The number of aryl methyl sites for hydroxylation is 1. The Morgan fingerprint density at radius 1 is 1.47 bits per heavy atom. The molecule has 1 atom stereocenters. The van der Waals surface area contributed by atoms with Crippen LogP contribution in [0, 0.1) is 6.92 Å². The second-order valence-corrected chi connectivity index (χ2v) is 4.55. The highest BCUT2D eigenvalue weighted by Crippen LogP contribution is 2.21. The van der Waals surface area contributed by atoms with E-state index in [1.165, 1.54) is 0 Å². The van der Waals surface area contributed by atoms with Gasteiger partial charge in [-0.05, 0) is 24.6 Å². The maximum absolute atomic E-state index is 12.0. The average molecular weight is 261 g/mol. The third kappa shape index (κ3) is 2.45. The molecule has 100 valence electrons. The number of fused-ring (bicyclic) bond motifs is 1. The van der Waals surface area contributed by atoms with E-state index < -0.39 is 6.10 Å². The monoisotopic (exact) mass is 261 g/mol. The van der Waals surface area contributed by atoms with Crippen LogP contribution in [-0.4, -0.2) is 42.0 Å². The summed E-state index contributed by atoms with van der Waals surface area (Å²) in [4.78, 5) is 12.0. The lowest BCUT2D eigenvalue weighted by Crippen LogP contribution is -2.39. The first-order chi connectivity index (χ1) is 9.24. The van der Waals surface area contributed by atoms with Crippen molar-refractivity contribution in [2.45, 2.75) is 13.0 Å². The van der Waals surface area contributed by atoms with Crippen molar-refractivity contribution in [3.05, 3.63) is 23.9 Å². The topological polar surface area (TPSA) is 76.2 Å². The summed E-state index contributed by atoms with van der Waals surface area (Å²) in [6.07, 6.45) is 1.24. The molecule has 1 aromatic carbocycles. The van der Waals surface area contributed by atoms with Gasteiger partial charge in [0.2, 0.25) is 0 Å². The molecular formula is C13H15N3O3. The molecule has 2 N–H and O–H groups in total. The molecule has 0 spiro atoms. The van der Waals surface area contributed by atoms with Crippen LogP contribution in [0.3, 0.4) is 0 Å². The van der Waals surface area contributed by atoms with E-state index in [0.29, 0.717) is 19.8 Å². The first kappa shape index (κ1) is 12.1. The fraction of sp³-hybridized carbons (Fsp3) is 0.385. The summed E-state index contributed by atoms with van der Waals surface area (Å²) >= 11 is 0. The standard InChI is InChI=1S/C13H15N3O3/c1-8-4-9(5-11-10(8)6-14-16-11)15-13(17)12-7-18-2-3-19-12/h4-6,12H,2-3,7H2,1H3,(H,14,16)(H,15,17). The molecule has 1 aliphatic rings. The van der Waals surface area contributed by atoms with Crippen molar-refractivity contribution in [3.63, 3.8) is 0 Å². The summed E-state index contributed by atoms with van der Waals surface area (Å²) in [5, 5.41) is 10.8. The number of nitrogens with one attached hydrogen (secondary N) is 2. The Balaban J connectivity index is 1.78. The van der Waals surface area contributed by atoms with E-state index in [1.807, 2.05) is 19.1 Å². The molecule has 1 saturated heterocycles. The Morgan fingerprint density at radius 3 is 3.16 bits per heavy atom. The number of aromatic amines is 1. The number of anilines is 1. The van der Waals surface area contributed by atoms with Crippen molar-refractivity contribution in [1.82, 2.24) is 10.2 Å². The molecule has 1 fully saturated rings. The van der Waals surface area contributed by atoms with E-state index in [1.54, 1.807) is 6.20 Å². The van der Waals surface area contributed by atoms with Crippen molar-refractivity contribution in [2.75, 3.05) is 25.1 Å². The van der Waals surface area contributed by atoms with E-state index in [4.69, 9.17) is 9.47 Å². The predicted molar refractivity (Wildman–Crippen MR) is 70.0 cm³/mol. The molecule has 0 aliphatic carbocycles. The number of hydrogen-bond donors (Lipinski definition) is 2. The van der Waals surface area contributed by atoms with Crippen molar-refractivity contribution in [3.8, 4) is 0 Å². The normalized spacial score (nSPS) is 19.5. The molecule has 1 aromatic heterocycles. The maximum atomic E-state index is 12.0. The second-order valence-electron chi connectivity index (χ2n) is 4.55. The summed E-state index contributed by atoms with van der Waals surface area (Å²) in [5.74, 6) is -0.182. The molecule has 1 aliphatic heterocycles. The zero-order chi connectivity index (χ0) is 13.2. The van der Waals surface area contributed by atoms with Gasteiger partial charge in [0.25, 0.3) is 5.91 Å². The smallest absolute Gasteiger partial charge is 0.255 e. The van der Waals surface area contributed by atoms with Gasteiger partial charge in [-0.15, -0.1) is 0 Å². The molecule has 3 rings (SSSR count). The van der Waals surface area contributed by atoms with E-state index in [-0.39, 0.29) is 5.91 Å². The Kier molecular flexibility index (Phi) is 3.18. The molecule has 0 bridgehead atoms. The average Bonchev–Trinajstić information content (AvgIpc) is 2.88. The lowest BCUT2D eigenvalue weighted by molar-refractivity contribution is -0.142. The summed E-state index contributed by atoms with van der Waals surface area (Å²) in [7, 11) is 0.